The third-order valence-electron chi connectivity index (χ3n) is 6.55. The van der Waals surface area contributed by atoms with Gasteiger partial charge in [-0.1, -0.05) is 84.8 Å². The number of aryl methyl sites for hydroxylation is 1. The van der Waals surface area contributed by atoms with Crippen LogP contribution in [0.25, 0.3) is 6.08 Å². The second-order valence-electron chi connectivity index (χ2n) is 10.1. The number of benzene rings is 4. The Balaban J connectivity index is 1.32. The summed E-state index contributed by atoms with van der Waals surface area (Å²) in [7, 11) is 1.68. The molecule has 0 bridgehead atoms. The highest BCUT2D eigenvalue weighted by atomic mass is 16.5. The highest BCUT2D eigenvalue weighted by Gasteiger charge is 2.08. The molecular weight excluding hydrogens is 468 g/mol. The maximum Gasteiger partial charge on any atom is 0.127 e. The molecule has 0 radical (unpaired) electrons. The minimum atomic E-state index is 0.522. The Kier molecular flexibility index (Phi) is 9.64. The lowest BCUT2D eigenvalue weighted by atomic mass is 9.93. The van der Waals surface area contributed by atoms with Crippen LogP contribution < -0.4 is 14.2 Å². The second-order valence-corrected chi connectivity index (χ2v) is 10.1. The maximum atomic E-state index is 6.22. The van der Waals surface area contributed by atoms with Gasteiger partial charge >= 0.3 is 0 Å². The largest absolute Gasteiger partial charge is 0.497 e. The Morgan fingerprint density at radius 2 is 1.37 bits per heavy atom. The van der Waals surface area contributed by atoms with E-state index >= 15 is 0 Å². The van der Waals surface area contributed by atoms with E-state index in [9.17, 15) is 0 Å². The Morgan fingerprint density at radius 1 is 0.737 bits per heavy atom. The summed E-state index contributed by atoms with van der Waals surface area (Å²) < 4.78 is 17.4. The van der Waals surface area contributed by atoms with Gasteiger partial charge in [-0.3, -0.25) is 0 Å². The van der Waals surface area contributed by atoms with Crippen LogP contribution in [0.2, 0.25) is 0 Å². The van der Waals surface area contributed by atoms with Crippen molar-refractivity contribution in [2.75, 3.05) is 7.11 Å². The first-order valence-electron chi connectivity index (χ1n) is 13.3. The van der Waals surface area contributed by atoms with Crippen molar-refractivity contribution in [3.8, 4) is 17.2 Å². The lowest BCUT2D eigenvalue weighted by Gasteiger charge is -2.14. The van der Waals surface area contributed by atoms with Crippen LogP contribution in [0.5, 0.6) is 17.2 Å². The molecule has 0 fully saturated rings. The van der Waals surface area contributed by atoms with Gasteiger partial charge in [0.25, 0.3) is 0 Å². The molecule has 196 valence electrons. The first-order valence-corrected chi connectivity index (χ1v) is 13.3. The number of hydrogen-bond donors (Lipinski definition) is 0. The quantitative estimate of drug-likeness (QED) is 0.192. The van der Waals surface area contributed by atoms with E-state index < -0.39 is 0 Å². The normalized spacial score (nSPS) is 12.2. The van der Waals surface area contributed by atoms with Gasteiger partial charge in [0.05, 0.1) is 7.11 Å². The minimum Gasteiger partial charge on any atom is -0.497 e. The van der Waals surface area contributed by atoms with Gasteiger partial charge in [-0.15, -0.1) is 0 Å². The smallest absolute Gasteiger partial charge is 0.127 e. The standard InChI is InChI=1S/C35H38O3/c1-26-10-19-35(38-25-31-13-15-33(36-4)16-14-31)32(22-26)23-28(3)20-27(2)21-29-11-17-34(18-12-29)37-24-30-8-6-5-7-9-30/h5-19,22-23,27H,20-21,24-25H2,1-4H3. The van der Waals surface area contributed by atoms with Crippen molar-refractivity contribution < 1.29 is 14.2 Å². The van der Waals surface area contributed by atoms with Crippen molar-refractivity contribution in [2.24, 2.45) is 5.92 Å². The zero-order valence-electron chi connectivity index (χ0n) is 22.9. The molecule has 1 unspecified atom stereocenters. The topological polar surface area (TPSA) is 27.7 Å². The van der Waals surface area contributed by atoms with E-state index in [0.29, 0.717) is 19.1 Å². The van der Waals surface area contributed by atoms with Crippen LogP contribution in [0.4, 0.5) is 0 Å². The van der Waals surface area contributed by atoms with Gasteiger partial charge in [-0.2, -0.15) is 0 Å². The molecule has 0 amide bonds. The maximum absolute atomic E-state index is 6.22. The Labute approximate surface area is 227 Å². The molecule has 0 saturated carbocycles. The van der Waals surface area contributed by atoms with Crippen LogP contribution in [0.1, 0.15) is 48.1 Å². The van der Waals surface area contributed by atoms with Crippen LogP contribution in [-0.4, -0.2) is 7.11 Å². The van der Waals surface area contributed by atoms with Crippen LogP contribution in [0, 0.1) is 12.8 Å². The number of methoxy groups -OCH3 is 1. The number of allylic oxidation sites excluding steroid dienone is 1. The fraction of sp³-hybridized carbons (Fsp3) is 0.257. The summed E-state index contributed by atoms with van der Waals surface area (Å²) in [5, 5.41) is 0. The first-order chi connectivity index (χ1) is 18.5. The summed E-state index contributed by atoms with van der Waals surface area (Å²) in [6.07, 6.45) is 4.32. The summed E-state index contributed by atoms with van der Waals surface area (Å²) in [5.41, 5.74) is 7.32. The van der Waals surface area contributed by atoms with Gasteiger partial charge in [0.2, 0.25) is 0 Å². The molecule has 0 heterocycles. The van der Waals surface area contributed by atoms with Crippen LogP contribution in [0.3, 0.4) is 0 Å². The fourth-order valence-corrected chi connectivity index (χ4v) is 4.61. The van der Waals surface area contributed by atoms with Crippen molar-refractivity contribution in [1.82, 2.24) is 0 Å². The summed E-state index contributed by atoms with van der Waals surface area (Å²) in [6, 6.07) is 33.2. The van der Waals surface area contributed by atoms with Gasteiger partial charge in [-0.05, 0) is 85.7 Å². The molecule has 0 N–H and O–H groups in total. The molecule has 3 nitrogen and oxygen atoms in total. The van der Waals surface area contributed by atoms with Crippen LogP contribution >= 0.6 is 0 Å². The van der Waals surface area contributed by atoms with E-state index in [2.05, 4.69) is 81.4 Å². The van der Waals surface area contributed by atoms with E-state index in [1.54, 1.807) is 7.11 Å². The highest BCUT2D eigenvalue weighted by molar-refractivity contribution is 5.60. The van der Waals surface area contributed by atoms with Crippen molar-refractivity contribution in [3.63, 3.8) is 0 Å². The van der Waals surface area contributed by atoms with Crippen molar-refractivity contribution in [2.45, 2.75) is 46.8 Å². The van der Waals surface area contributed by atoms with Gasteiger partial charge in [0, 0.05) is 5.56 Å². The average Bonchev–Trinajstić information content (AvgIpc) is 2.93. The van der Waals surface area contributed by atoms with E-state index in [0.717, 1.165) is 41.2 Å². The van der Waals surface area contributed by atoms with Crippen LogP contribution in [-0.2, 0) is 19.6 Å². The van der Waals surface area contributed by atoms with Gasteiger partial charge in [0.15, 0.2) is 0 Å². The number of hydrogen-bond acceptors (Lipinski definition) is 3. The molecule has 3 heteroatoms. The molecular formula is C35H38O3. The van der Waals surface area contributed by atoms with Crippen LogP contribution in [0.15, 0.2) is 103 Å². The Bertz CT molecular complexity index is 1310. The number of ether oxygens (including phenoxy) is 3. The predicted octanol–water partition coefficient (Wildman–Crippen LogP) is 8.83. The van der Waals surface area contributed by atoms with E-state index in [-0.39, 0.29) is 0 Å². The van der Waals surface area contributed by atoms with E-state index in [4.69, 9.17) is 14.2 Å². The molecule has 0 aliphatic carbocycles. The molecule has 4 aromatic carbocycles. The zero-order chi connectivity index (χ0) is 26.7. The molecule has 0 aromatic heterocycles. The summed E-state index contributed by atoms with van der Waals surface area (Å²) in [6.45, 7) is 7.76. The lowest BCUT2D eigenvalue weighted by molar-refractivity contribution is 0.305. The van der Waals surface area contributed by atoms with Crippen molar-refractivity contribution in [1.29, 1.82) is 0 Å². The highest BCUT2D eigenvalue weighted by Crippen LogP contribution is 2.27. The van der Waals surface area contributed by atoms with Crippen molar-refractivity contribution >= 4 is 6.08 Å². The molecule has 0 aliphatic rings. The third kappa shape index (κ3) is 8.27. The molecule has 1 atom stereocenters. The Hall–Kier alpha value is -3.98. The predicted molar refractivity (Wildman–Crippen MR) is 157 cm³/mol. The average molecular weight is 507 g/mol. The fourth-order valence-electron chi connectivity index (χ4n) is 4.61. The summed E-state index contributed by atoms with van der Waals surface area (Å²) in [5.74, 6) is 3.19. The van der Waals surface area contributed by atoms with E-state index in [1.807, 2.05) is 42.5 Å². The zero-order valence-corrected chi connectivity index (χ0v) is 22.9. The first kappa shape index (κ1) is 27.1. The van der Waals surface area contributed by atoms with Gasteiger partial charge in [0.1, 0.15) is 30.5 Å². The third-order valence-corrected chi connectivity index (χ3v) is 6.55. The summed E-state index contributed by atoms with van der Waals surface area (Å²) >= 11 is 0. The molecule has 38 heavy (non-hydrogen) atoms. The van der Waals surface area contributed by atoms with Gasteiger partial charge in [-0.25, -0.2) is 0 Å². The van der Waals surface area contributed by atoms with Crippen molar-refractivity contribution in [3.05, 3.63) is 130 Å². The van der Waals surface area contributed by atoms with Gasteiger partial charge < -0.3 is 14.2 Å². The second kappa shape index (κ2) is 13.5. The molecule has 0 saturated heterocycles. The molecule has 4 aromatic rings. The summed E-state index contributed by atoms with van der Waals surface area (Å²) in [4.78, 5) is 0. The number of rotatable bonds is 12. The molecule has 0 spiro atoms. The lowest BCUT2D eigenvalue weighted by Crippen LogP contribution is -2.01. The monoisotopic (exact) mass is 506 g/mol. The molecule has 0 aliphatic heterocycles. The SMILES string of the molecule is COc1ccc(COc2ccc(C)cc2C=C(C)CC(C)Cc2ccc(OCc3ccccc3)cc2)cc1. The minimum absolute atomic E-state index is 0.522. The Morgan fingerprint density at radius 3 is 2.08 bits per heavy atom. The molecule has 4 rings (SSSR count). The van der Waals surface area contributed by atoms with E-state index in [1.165, 1.54) is 22.3 Å².